The van der Waals surface area contributed by atoms with Crippen LogP contribution >= 0.6 is 0 Å². The highest BCUT2D eigenvalue weighted by molar-refractivity contribution is 5.89. The molecule has 2 amide bonds. The predicted molar refractivity (Wildman–Crippen MR) is 101 cm³/mol. The maximum absolute atomic E-state index is 13.8. The van der Waals surface area contributed by atoms with Crippen LogP contribution < -0.4 is 10.2 Å². The smallest absolute Gasteiger partial charge is 0.322 e. The Morgan fingerprint density at radius 3 is 2.61 bits per heavy atom. The third-order valence-electron chi connectivity index (χ3n) is 5.21. The van der Waals surface area contributed by atoms with E-state index in [1.807, 2.05) is 4.90 Å². The summed E-state index contributed by atoms with van der Waals surface area (Å²) >= 11 is 0. The molecule has 1 N–H and O–H groups in total. The fourth-order valence-corrected chi connectivity index (χ4v) is 3.51. The normalized spacial score (nSPS) is 16.9. The Balaban J connectivity index is 1.76. The summed E-state index contributed by atoms with van der Waals surface area (Å²) in [5.74, 6) is -2.77. The van der Waals surface area contributed by atoms with E-state index >= 15 is 0 Å². The summed E-state index contributed by atoms with van der Waals surface area (Å²) in [6, 6.07) is 3.20. The van der Waals surface area contributed by atoms with Crippen LogP contribution in [0.2, 0.25) is 0 Å². The third kappa shape index (κ3) is 3.14. The fraction of sp³-hybridized carbons (Fsp3) is 0.474. The summed E-state index contributed by atoms with van der Waals surface area (Å²) in [6.07, 6.45) is 3.81. The van der Waals surface area contributed by atoms with E-state index in [9.17, 15) is 13.6 Å². The van der Waals surface area contributed by atoms with Crippen molar-refractivity contribution in [3.8, 4) is 0 Å². The molecule has 1 spiro atoms. The number of carbonyl (C=O) groups is 1. The summed E-state index contributed by atoms with van der Waals surface area (Å²) in [5.41, 5.74) is 2.37. The molecule has 1 fully saturated rings. The molecule has 0 atom stereocenters. The molecule has 0 unspecified atom stereocenters. The van der Waals surface area contributed by atoms with Gasteiger partial charge in [-0.05, 0) is 19.8 Å². The van der Waals surface area contributed by atoms with E-state index < -0.39 is 11.7 Å². The number of alkyl halides is 2. The Labute approximate surface area is 161 Å². The number of carbonyl (C=O) groups excluding carboxylic acids is 1. The molecule has 28 heavy (non-hydrogen) atoms. The zero-order valence-corrected chi connectivity index (χ0v) is 16.3. The molecule has 2 aliphatic rings. The second kappa shape index (κ2) is 6.08. The number of nitrogens with one attached hydrogen (secondary N) is 1. The highest BCUT2D eigenvalue weighted by Gasteiger charge is 2.52. The van der Waals surface area contributed by atoms with Crippen LogP contribution in [0.5, 0.6) is 0 Å². The van der Waals surface area contributed by atoms with Crippen molar-refractivity contribution in [2.45, 2.75) is 38.0 Å². The van der Waals surface area contributed by atoms with Crippen molar-refractivity contribution in [2.24, 2.45) is 0 Å². The molecule has 7 nitrogen and oxygen atoms in total. The van der Waals surface area contributed by atoms with Crippen molar-refractivity contribution in [1.29, 1.82) is 0 Å². The Hall–Kier alpha value is -2.84. The molecule has 0 radical (unpaired) electrons. The van der Waals surface area contributed by atoms with Gasteiger partial charge in [0.2, 0.25) is 5.82 Å². The first-order valence-electron chi connectivity index (χ1n) is 9.09. The minimum atomic E-state index is -3.12. The number of aromatic nitrogens is 3. The maximum Gasteiger partial charge on any atom is 0.322 e. The molecule has 148 valence electrons. The Bertz CT molecular complexity index is 952. The Morgan fingerprint density at radius 2 is 2.00 bits per heavy atom. The van der Waals surface area contributed by atoms with Crippen LogP contribution in [0.25, 0.3) is 0 Å². The Kier molecular flexibility index (Phi) is 4.02. The molecule has 1 aliphatic heterocycles. The Morgan fingerprint density at radius 1 is 1.29 bits per heavy atom. The van der Waals surface area contributed by atoms with E-state index in [-0.39, 0.29) is 11.4 Å². The molecular weight excluding hydrogens is 366 g/mol. The molecule has 2 aromatic heterocycles. The van der Waals surface area contributed by atoms with E-state index in [2.05, 4.69) is 20.3 Å². The summed E-state index contributed by atoms with van der Waals surface area (Å²) in [6.45, 7) is 3.13. The molecule has 4 rings (SSSR count). The summed E-state index contributed by atoms with van der Waals surface area (Å²) in [5, 5.41) is 2.73. The van der Waals surface area contributed by atoms with Crippen LogP contribution in [0.1, 0.15) is 36.8 Å². The largest absolute Gasteiger partial charge is 0.331 e. The van der Waals surface area contributed by atoms with Gasteiger partial charge in [0.25, 0.3) is 0 Å². The van der Waals surface area contributed by atoms with Gasteiger partial charge in [-0.1, -0.05) is 0 Å². The van der Waals surface area contributed by atoms with Crippen molar-refractivity contribution in [3.05, 3.63) is 35.4 Å². The molecule has 2 aromatic rings. The number of nitrogens with zero attached hydrogens (tertiary/aromatic N) is 5. The molecular formula is C19H22F2N6O. The van der Waals surface area contributed by atoms with Gasteiger partial charge in [0.05, 0.1) is 5.69 Å². The van der Waals surface area contributed by atoms with E-state index in [4.69, 9.17) is 0 Å². The van der Waals surface area contributed by atoms with Gasteiger partial charge < -0.3 is 9.80 Å². The number of hydrogen-bond acceptors (Lipinski definition) is 5. The summed E-state index contributed by atoms with van der Waals surface area (Å²) in [4.78, 5) is 27.7. The van der Waals surface area contributed by atoms with E-state index in [0.717, 1.165) is 31.0 Å². The highest BCUT2D eigenvalue weighted by atomic mass is 19.3. The number of aryl methyl sites for hydroxylation is 1. The van der Waals surface area contributed by atoms with Gasteiger partial charge >= 0.3 is 12.0 Å². The molecule has 1 aliphatic carbocycles. The van der Waals surface area contributed by atoms with Gasteiger partial charge in [-0.15, -0.1) is 0 Å². The minimum absolute atomic E-state index is 0.0137. The maximum atomic E-state index is 13.8. The number of anilines is 3. The molecule has 3 heterocycles. The van der Waals surface area contributed by atoms with E-state index in [1.165, 1.54) is 4.90 Å². The predicted octanol–water partition coefficient (Wildman–Crippen LogP) is 3.57. The van der Waals surface area contributed by atoms with Crippen molar-refractivity contribution in [1.82, 2.24) is 19.9 Å². The second-order valence-electron chi connectivity index (χ2n) is 7.86. The van der Waals surface area contributed by atoms with Crippen LogP contribution in [-0.2, 0) is 11.3 Å². The average Bonchev–Trinajstić information content (AvgIpc) is 3.31. The number of hydrogen-bond donors (Lipinski definition) is 1. The van der Waals surface area contributed by atoms with Gasteiger partial charge in [-0.3, -0.25) is 5.32 Å². The lowest BCUT2D eigenvalue weighted by Crippen LogP contribution is -2.27. The highest BCUT2D eigenvalue weighted by Crippen LogP contribution is 2.58. The number of pyridine rings is 1. The van der Waals surface area contributed by atoms with Gasteiger partial charge in [0, 0.05) is 62.6 Å². The third-order valence-corrected chi connectivity index (χ3v) is 5.21. The average molecular weight is 388 g/mol. The lowest BCUT2D eigenvalue weighted by atomic mass is 10.0. The van der Waals surface area contributed by atoms with Crippen molar-refractivity contribution in [3.63, 3.8) is 0 Å². The van der Waals surface area contributed by atoms with Crippen LogP contribution in [-0.4, -0.2) is 46.5 Å². The zero-order valence-electron chi connectivity index (χ0n) is 16.3. The minimum Gasteiger partial charge on any atom is -0.331 e. The zero-order chi connectivity index (χ0) is 20.3. The van der Waals surface area contributed by atoms with Crippen molar-refractivity contribution in [2.75, 3.05) is 30.9 Å². The summed E-state index contributed by atoms with van der Waals surface area (Å²) < 4.78 is 27.7. The lowest BCUT2D eigenvalue weighted by molar-refractivity contribution is 0.00762. The SMILES string of the molecule is Cc1cc(N2CC3(CC3)c3cnc(NC(=O)N(C)C)cc32)nc(C(C)(F)F)n1. The molecule has 0 saturated heterocycles. The number of rotatable bonds is 3. The van der Waals surface area contributed by atoms with E-state index in [1.54, 1.807) is 39.3 Å². The van der Waals surface area contributed by atoms with Gasteiger partial charge in [0.1, 0.15) is 11.6 Å². The first-order chi connectivity index (χ1) is 13.1. The van der Waals surface area contributed by atoms with Crippen molar-refractivity contribution < 1.29 is 13.6 Å². The van der Waals surface area contributed by atoms with Gasteiger partial charge in [-0.25, -0.2) is 19.7 Å². The van der Waals surface area contributed by atoms with Crippen LogP contribution in [0.3, 0.4) is 0 Å². The molecule has 0 aromatic carbocycles. The second-order valence-corrected chi connectivity index (χ2v) is 7.86. The number of urea groups is 1. The lowest BCUT2D eigenvalue weighted by Gasteiger charge is -2.21. The van der Waals surface area contributed by atoms with Crippen LogP contribution in [0.15, 0.2) is 18.3 Å². The fourth-order valence-electron chi connectivity index (χ4n) is 3.51. The first-order valence-corrected chi connectivity index (χ1v) is 9.09. The van der Waals surface area contributed by atoms with Gasteiger partial charge in [-0.2, -0.15) is 8.78 Å². The van der Waals surface area contributed by atoms with Crippen LogP contribution in [0.4, 0.5) is 30.9 Å². The number of halogens is 2. The molecule has 0 bridgehead atoms. The summed E-state index contributed by atoms with van der Waals surface area (Å²) in [7, 11) is 3.29. The quantitative estimate of drug-likeness (QED) is 0.870. The van der Waals surface area contributed by atoms with Crippen LogP contribution in [0, 0.1) is 6.92 Å². The standard InChI is InChI=1S/C19H22F2N6O/c1-11-7-15(25-16(23-11)18(2,20)21)27-10-19(5-6-19)12-9-22-14(8-13(12)27)24-17(28)26(3)4/h7-9H,5-6,10H2,1-4H3,(H,22,24,28). The van der Waals surface area contributed by atoms with Crippen molar-refractivity contribution >= 4 is 23.4 Å². The first kappa shape index (κ1) is 18.5. The van der Waals surface area contributed by atoms with E-state index in [0.29, 0.717) is 23.9 Å². The number of amides is 2. The monoisotopic (exact) mass is 388 g/mol. The topological polar surface area (TPSA) is 74.2 Å². The molecule has 1 saturated carbocycles. The molecule has 9 heteroatoms. The number of fused-ring (bicyclic) bond motifs is 2. The van der Waals surface area contributed by atoms with Gasteiger partial charge in [0.15, 0.2) is 0 Å².